The molecule has 0 aliphatic heterocycles. The zero-order valence-corrected chi connectivity index (χ0v) is 15.4. The smallest absolute Gasteiger partial charge is 0.256 e. The first-order valence-electron chi connectivity index (χ1n) is 9.00. The summed E-state index contributed by atoms with van der Waals surface area (Å²) < 4.78 is 7.33. The van der Waals surface area contributed by atoms with Gasteiger partial charge >= 0.3 is 0 Å². The summed E-state index contributed by atoms with van der Waals surface area (Å²) in [6, 6.07) is 15.2. The molecule has 0 saturated carbocycles. The molecule has 7 heteroatoms. The Balaban J connectivity index is 1.56. The van der Waals surface area contributed by atoms with Gasteiger partial charge < -0.3 is 10.1 Å². The highest BCUT2D eigenvalue weighted by atomic mass is 16.5. The molecule has 2 aromatic carbocycles. The number of hydrogen-bond donors (Lipinski definition) is 1. The summed E-state index contributed by atoms with van der Waals surface area (Å²) in [7, 11) is 0. The van der Waals surface area contributed by atoms with Gasteiger partial charge in [0.15, 0.2) is 0 Å². The van der Waals surface area contributed by atoms with E-state index in [0.717, 1.165) is 16.5 Å². The van der Waals surface area contributed by atoms with Crippen LogP contribution in [0.1, 0.15) is 23.0 Å². The Hall–Kier alpha value is -3.74. The van der Waals surface area contributed by atoms with Crippen molar-refractivity contribution in [3.8, 4) is 11.4 Å². The zero-order valence-electron chi connectivity index (χ0n) is 15.4. The SMILES string of the molecule is CCOc1ccc2ccccc2c1C(=O)NCc1cn(-c2ccncc2)nn1. The molecule has 4 rings (SSSR count). The van der Waals surface area contributed by atoms with Crippen LogP contribution >= 0.6 is 0 Å². The lowest BCUT2D eigenvalue weighted by atomic mass is 10.0. The van der Waals surface area contributed by atoms with Crippen LogP contribution in [0.25, 0.3) is 16.5 Å². The van der Waals surface area contributed by atoms with Gasteiger partial charge in [0.2, 0.25) is 0 Å². The van der Waals surface area contributed by atoms with Crippen molar-refractivity contribution >= 4 is 16.7 Å². The van der Waals surface area contributed by atoms with Crippen molar-refractivity contribution in [2.75, 3.05) is 6.61 Å². The molecule has 0 saturated heterocycles. The van der Waals surface area contributed by atoms with Crippen LogP contribution in [0.4, 0.5) is 0 Å². The van der Waals surface area contributed by atoms with Crippen molar-refractivity contribution < 1.29 is 9.53 Å². The van der Waals surface area contributed by atoms with Gasteiger partial charge in [-0.15, -0.1) is 5.10 Å². The lowest BCUT2D eigenvalue weighted by Gasteiger charge is -2.13. The van der Waals surface area contributed by atoms with E-state index < -0.39 is 0 Å². The van der Waals surface area contributed by atoms with Gasteiger partial charge in [0.05, 0.1) is 30.6 Å². The molecule has 7 nitrogen and oxygen atoms in total. The third-order valence-corrected chi connectivity index (χ3v) is 4.32. The summed E-state index contributed by atoms with van der Waals surface area (Å²) >= 11 is 0. The molecule has 28 heavy (non-hydrogen) atoms. The number of aromatic nitrogens is 4. The number of pyridine rings is 1. The van der Waals surface area contributed by atoms with Crippen molar-refractivity contribution in [2.24, 2.45) is 0 Å². The maximum absolute atomic E-state index is 13.0. The predicted molar refractivity (Wildman–Crippen MR) is 105 cm³/mol. The second-order valence-electron chi connectivity index (χ2n) is 6.14. The first-order valence-corrected chi connectivity index (χ1v) is 9.00. The number of fused-ring (bicyclic) bond motifs is 1. The van der Waals surface area contributed by atoms with Crippen molar-refractivity contribution in [2.45, 2.75) is 13.5 Å². The minimum Gasteiger partial charge on any atom is -0.493 e. The third kappa shape index (κ3) is 3.55. The number of rotatable bonds is 6. The van der Waals surface area contributed by atoms with Crippen LogP contribution in [0.15, 0.2) is 67.1 Å². The van der Waals surface area contributed by atoms with Crippen molar-refractivity contribution in [1.82, 2.24) is 25.3 Å². The van der Waals surface area contributed by atoms with Gasteiger partial charge in [-0.25, -0.2) is 4.68 Å². The summed E-state index contributed by atoms with van der Waals surface area (Å²) in [5, 5.41) is 13.0. The molecule has 1 N–H and O–H groups in total. The number of ether oxygens (including phenoxy) is 1. The Morgan fingerprint density at radius 1 is 1.11 bits per heavy atom. The van der Waals surface area contributed by atoms with Gasteiger partial charge in [-0.1, -0.05) is 35.5 Å². The number of benzene rings is 2. The topological polar surface area (TPSA) is 81.9 Å². The van der Waals surface area contributed by atoms with Crippen LogP contribution in [0, 0.1) is 0 Å². The molecule has 1 amide bonds. The van der Waals surface area contributed by atoms with Crippen LogP contribution in [-0.2, 0) is 6.54 Å². The Labute approximate surface area is 162 Å². The number of carbonyl (C=O) groups excluding carboxylic acids is 1. The fourth-order valence-electron chi connectivity index (χ4n) is 3.02. The number of nitrogens with one attached hydrogen (secondary N) is 1. The highest BCUT2D eigenvalue weighted by molar-refractivity contribution is 6.09. The van der Waals surface area contributed by atoms with E-state index in [0.29, 0.717) is 23.6 Å². The maximum Gasteiger partial charge on any atom is 0.256 e. The van der Waals surface area contributed by atoms with Crippen LogP contribution in [0.2, 0.25) is 0 Å². The summed E-state index contributed by atoms with van der Waals surface area (Å²) in [6.07, 6.45) is 5.16. The van der Waals surface area contributed by atoms with E-state index in [1.165, 1.54) is 0 Å². The van der Waals surface area contributed by atoms with E-state index in [-0.39, 0.29) is 12.5 Å². The summed E-state index contributed by atoms with van der Waals surface area (Å²) in [5.41, 5.74) is 2.04. The number of amides is 1. The molecular weight excluding hydrogens is 354 g/mol. The largest absolute Gasteiger partial charge is 0.493 e. The van der Waals surface area contributed by atoms with Crippen LogP contribution in [-0.4, -0.2) is 32.5 Å². The molecule has 0 spiro atoms. The van der Waals surface area contributed by atoms with E-state index in [2.05, 4.69) is 20.6 Å². The second-order valence-corrected chi connectivity index (χ2v) is 6.14. The Morgan fingerprint density at radius 3 is 2.75 bits per heavy atom. The standard InChI is InChI=1S/C21H19N5O2/c1-2-28-19-8-7-15-5-3-4-6-18(15)20(19)21(27)23-13-16-14-26(25-24-16)17-9-11-22-12-10-17/h3-12,14H,2,13H2,1H3,(H,23,27). The fraction of sp³-hybridized carbons (Fsp3) is 0.143. The van der Waals surface area contributed by atoms with E-state index in [9.17, 15) is 4.79 Å². The number of nitrogens with zero attached hydrogens (tertiary/aromatic N) is 4. The highest BCUT2D eigenvalue weighted by Gasteiger charge is 2.17. The second kappa shape index (κ2) is 7.87. The van der Waals surface area contributed by atoms with Crippen molar-refractivity contribution in [1.29, 1.82) is 0 Å². The molecule has 4 aromatic rings. The minimum atomic E-state index is -0.210. The van der Waals surface area contributed by atoms with Crippen LogP contribution in [0.5, 0.6) is 5.75 Å². The molecular formula is C21H19N5O2. The van der Waals surface area contributed by atoms with Gasteiger partial charge in [-0.05, 0) is 35.9 Å². The lowest BCUT2D eigenvalue weighted by Crippen LogP contribution is -2.24. The van der Waals surface area contributed by atoms with Crippen molar-refractivity contribution in [3.05, 3.63) is 78.4 Å². The van der Waals surface area contributed by atoms with E-state index in [1.54, 1.807) is 23.3 Å². The zero-order chi connectivity index (χ0) is 19.3. The normalized spacial score (nSPS) is 10.8. The minimum absolute atomic E-state index is 0.210. The molecule has 0 fully saturated rings. The van der Waals surface area contributed by atoms with Crippen molar-refractivity contribution in [3.63, 3.8) is 0 Å². The molecule has 0 bridgehead atoms. The summed E-state index contributed by atoms with van der Waals surface area (Å²) in [6.45, 7) is 2.64. The molecule has 0 unspecified atom stereocenters. The average Bonchev–Trinajstić information content (AvgIpc) is 3.22. The summed E-state index contributed by atoms with van der Waals surface area (Å²) in [4.78, 5) is 16.9. The number of carbonyl (C=O) groups is 1. The van der Waals surface area contributed by atoms with Gasteiger partial charge in [0, 0.05) is 12.4 Å². The molecule has 140 valence electrons. The number of hydrogen-bond acceptors (Lipinski definition) is 5. The van der Waals surface area contributed by atoms with Crippen LogP contribution in [0.3, 0.4) is 0 Å². The third-order valence-electron chi connectivity index (χ3n) is 4.32. The molecule has 0 radical (unpaired) electrons. The first-order chi connectivity index (χ1) is 13.8. The Bertz CT molecular complexity index is 1110. The van der Waals surface area contributed by atoms with Gasteiger partial charge in [-0.2, -0.15) is 0 Å². The van der Waals surface area contributed by atoms with Crippen LogP contribution < -0.4 is 10.1 Å². The average molecular weight is 373 g/mol. The lowest BCUT2D eigenvalue weighted by molar-refractivity contribution is 0.0948. The fourth-order valence-corrected chi connectivity index (χ4v) is 3.02. The molecule has 2 aromatic heterocycles. The molecule has 2 heterocycles. The monoisotopic (exact) mass is 373 g/mol. The van der Waals surface area contributed by atoms with Gasteiger partial charge in [0.25, 0.3) is 5.91 Å². The molecule has 0 aliphatic rings. The van der Waals surface area contributed by atoms with E-state index in [4.69, 9.17) is 4.74 Å². The van der Waals surface area contributed by atoms with E-state index in [1.807, 2.05) is 55.5 Å². The van der Waals surface area contributed by atoms with Gasteiger partial charge in [-0.3, -0.25) is 9.78 Å². The maximum atomic E-state index is 13.0. The predicted octanol–water partition coefficient (Wildman–Crippen LogP) is 3.14. The molecule has 0 aliphatic carbocycles. The summed E-state index contributed by atoms with van der Waals surface area (Å²) in [5.74, 6) is 0.359. The quantitative estimate of drug-likeness (QED) is 0.561. The Morgan fingerprint density at radius 2 is 1.93 bits per heavy atom. The highest BCUT2D eigenvalue weighted by Crippen LogP contribution is 2.28. The van der Waals surface area contributed by atoms with Gasteiger partial charge in [0.1, 0.15) is 11.4 Å². The first kappa shape index (κ1) is 17.7. The Kier molecular flexibility index (Phi) is 4.97. The van der Waals surface area contributed by atoms with E-state index >= 15 is 0 Å². The molecule has 0 atom stereocenters.